The minimum Gasteiger partial charge on any atom is -0.870 e. The van der Waals surface area contributed by atoms with Gasteiger partial charge in [-0.25, -0.2) is 0 Å². The molecule has 0 aromatic heterocycles. The Balaban J connectivity index is 0.000000367. The van der Waals surface area contributed by atoms with E-state index in [1.165, 1.54) is 0 Å². The SMILES string of the molecule is C.NC1COC(=O)CC(c2ccccc2)C(=O)OC1.O=C1CC(c2ccccc2)C(=O)O1.[B]C([O-])=NC(CO)CO.[B]C([O-])=NC(CO)COC(=O)CC(C(=O)O)c1ccccc1.[B]C([O-])=NC1COC(=O)CC(c2ccccc2)C(=O)OC1. The number of rotatable bonds is 15. The van der Waals surface area contributed by atoms with Crippen LogP contribution >= 0.6 is 0 Å². The number of benzene rings is 4. The van der Waals surface area contributed by atoms with E-state index in [1.807, 2.05) is 54.6 Å². The summed E-state index contributed by atoms with van der Waals surface area (Å²) in [4.78, 5) is 102. The Kier molecular flexibility index (Phi) is 33.1. The highest BCUT2D eigenvalue weighted by Gasteiger charge is 2.35. The number of nitrogens with zero attached hydrogens (tertiary/aromatic N) is 3. The Labute approximate surface area is 487 Å². The summed E-state index contributed by atoms with van der Waals surface area (Å²) in [5, 5.41) is 66.1. The number of ether oxygens (including phenoxy) is 6. The Morgan fingerprint density at radius 1 is 0.560 bits per heavy atom. The van der Waals surface area contributed by atoms with E-state index in [1.54, 1.807) is 66.7 Å². The summed E-state index contributed by atoms with van der Waals surface area (Å²) in [6, 6.07) is 32.4. The molecule has 7 atom stereocenters. The molecule has 84 heavy (non-hydrogen) atoms. The molecule has 444 valence electrons. The van der Waals surface area contributed by atoms with E-state index in [0.717, 1.165) is 11.1 Å². The molecule has 25 nitrogen and oxygen atoms in total. The number of nitrogens with two attached hydrogens (primary N) is 1. The normalized spacial score (nSPS) is 19.9. The number of aliphatic carboxylic acids is 1. The van der Waals surface area contributed by atoms with Crippen LogP contribution in [0.15, 0.2) is 136 Å². The molecule has 0 bridgehead atoms. The molecule has 28 heteroatoms. The first kappa shape index (κ1) is 71.4. The summed E-state index contributed by atoms with van der Waals surface area (Å²) in [6.07, 6.45) is -0.335. The van der Waals surface area contributed by atoms with Crippen LogP contribution in [-0.4, -0.2) is 186 Å². The van der Waals surface area contributed by atoms with Crippen molar-refractivity contribution in [1.29, 1.82) is 0 Å². The van der Waals surface area contributed by atoms with Gasteiger partial charge in [-0.2, -0.15) is 0 Å². The molecule has 7 unspecified atom stereocenters. The zero-order valence-corrected chi connectivity index (χ0v) is 44.5. The van der Waals surface area contributed by atoms with Crippen molar-refractivity contribution in [2.45, 2.75) is 80.9 Å². The molecule has 0 amide bonds. The van der Waals surface area contributed by atoms with Gasteiger partial charge in [0.1, 0.15) is 68.7 Å². The molecule has 3 fully saturated rings. The number of aliphatic hydroxyl groups is 3. The van der Waals surface area contributed by atoms with Gasteiger partial charge in [0.15, 0.2) is 0 Å². The number of carbonyl (C=O) groups is 8. The maximum absolute atomic E-state index is 12.1. The van der Waals surface area contributed by atoms with Crippen LogP contribution in [0, 0.1) is 0 Å². The van der Waals surface area contributed by atoms with Gasteiger partial charge in [0.05, 0.1) is 81.3 Å². The molecule has 0 aliphatic carbocycles. The highest BCUT2D eigenvalue weighted by atomic mass is 16.6. The van der Waals surface area contributed by atoms with E-state index in [-0.39, 0.29) is 79.4 Å². The molecule has 7 rings (SSSR count). The Morgan fingerprint density at radius 2 is 0.940 bits per heavy atom. The molecule has 0 spiro atoms. The lowest BCUT2D eigenvalue weighted by Gasteiger charge is -2.16. The van der Waals surface area contributed by atoms with Gasteiger partial charge in [0.25, 0.3) is 0 Å². The predicted molar refractivity (Wildman–Crippen MR) is 296 cm³/mol. The number of aliphatic imine (C=N–C) groups is 3. The predicted octanol–water partition coefficient (Wildman–Crippen LogP) is -1.76. The molecule has 0 saturated carbocycles. The van der Waals surface area contributed by atoms with Crippen LogP contribution in [0.1, 0.15) is 79.0 Å². The summed E-state index contributed by atoms with van der Waals surface area (Å²) in [5.41, 5.74) is 8.37. The molecule has 3 saturated heterocycles. The third kappa shape index (κ3) is 27.4. The molecular weight excluding hydrogens is 1100 g/mol. The largest absolute Gasteiger partial charge is 0.870 e. The maximum atomic E-state index is 12.1. The summed E-state index contributed by atoms with van der Waals surface area (Å²) >= 11 is 0. The van der Waals surface area contributed by atoms with Gasteiger partial charge in [-0.3, -0.25) is 38.4 Å². The van der Waals surface area contributed by atoms with Crippen LogP contribution in [0.4, 0.5) is 0 Å². The van der Waals surface area contributed by atoms with Crippen molar-refractivity contribution in [3.05, 3.63) is 144 Å². The van der Waals surface area contributed by atoms with Crippen LogP contribution in [0.5, 0.6) is 0 Å². The first-order valence-electron chi connectivity index (χ1n) is 25.2. The molecule has 4 aromatic carbocycles. The number of aliphatic hydroxyl groups excluding tert-OH is 3. The minimum atomic E-state index is -1.15. The fourth-order valence-electron chi connectivity index (χ4n) is 7.30. The number of cyclic esters (lactones) is 6. The summed E-state index contributed by atoms with van der Waals surface area (Å²) in [5.74, 6) is -10.3. The second-order valence-corrected chi connectivity index (χ2v) is 17.8. The second-order valence-electron chi connectivity index (χ2n) is 17.8. The molecule has 6 N–H and O–H groups in total. The average molecular weight is 1160 g/mol. The Bertz CT molecular complexity index is 2780. The van der Waals surface area contributed by atoms with Gasteiger partial charge in [-0.05, 0) is 22.3 Å². The van der Waals surface area contributed by atoms with Crippen molar-refractivity contribution in [3.63, 3.8) is 0 Å². The van der Waals surface area contributed by atoms with Crippen LogP contribution in [0.2, 0.25) is 0 Å². The lowest BCUT2D eigenvalue weighted by molar-refractivity contribution is -0.208. The van der Waals surface area contributed by atoms with Crippen LogP contribution < -0.4 is 21.1 Å². The average Bonchev–Trinajstić information content (AvgIpc) is 3.95. The number of hydrogen-bond donors (Lipinski definition) is 5. The number of hydrogen-bond acceptors (Lipinski definition) is 24. The standard InChI is InChI=1S/C14H16BNO6.C14H14BNO5.C13H15NO4.C10H8O3.C4H8BNO3.CH4/c15-14(21)16-10(7-17)8-22-12(18)6-11(13(19)20)9-4-2-1-3-5-9;15-14(19)16-10-7-20-12(17)6-11(13(18)21-8-10)9-4-2-1-3-5-9;14-10-7-17-12(15)6-11(13(16)18-8-10)9-4-2-1-3-5-9;11-9-6-8(10(12)13-9)7-4-2-1-3-5-7;5-4(9)6-3(1-7)2-8;/h1-5,10-11,17H,6-8H2,(H,16,21)(H,19,20);1-5,10-11H,6-8H2,(H,16,19);1-5,10-11H,6-8,14H2;1-5,8H,6H2;3,7-8H,1-2H2,(H,6,9);1H4/p-3. The van der Waals surface area contributed by atoms with Crippen LogP contribution in [0.25, 0.3) is 0 Å². The summed E-state index contributed by atoms with van der Waals surface area (Å²) in [7, 11) is 14.4. The summed E-state index contributed by atoms with van der Waals surface area (Å²) < 4.78 is 29.5. The maximum Gasteiger partial charge on any atom is 0.321 e. The van der Waals surface area contributed by atoms with Crippen molar-refractivity contribution in [2.75, 3.05) is 52.9 Å². The van der Waals surface area contributed by atoms with Gasteiger partial charge in [-0.1, -0.05) is 146 Å². The van der Waals surface area contributed by atoms with Crippen LogP contribution in [-0.2, 0) is 66.8 Å². The first-order valence-corrected chi connectivity index (χ1v) is 25.2. The van der Waals surface area contributed by atoms with E-state index in [9.17, 15) is 58.8 Å². The molecule has 3 aliphatic heterocycles. The third-order valence-electron chi connectivity index (χ3n) is 11.4. The van der Waals surface area contributed by atoms with Crippen molar-refractivity contribution in [2.24, 2.45) is 20.7 Å². The highest BCUT2D eigenvalue weighted by molar-refractivity contribution is 6.56. The molecule has 4 aromatic rings. The monoisotopic (exact) mass is 1160 g/mol. The van der Waals surface area contributed by atoms with Crippen molar-refractivity contribution in [1.82, 2.24) is 0 Å². The first-order chi connectivity index (χ1) is 39.6. The number of carboxylic acids is 1. The molecule has 3 heterocycles. The fourth-order valence-corrected chi connectivity index (χ4v) is 7.30. The quantitative estimate of drug-likeness (QED) is 0.0220. The minimum absolute atomic E-state index is 0. The van der Waals surface area contributed by atoms with Gasteiger partial charge in [-0.15, -0.1) is 0 Å². The van der Waals surface area contributed by atoms with Gasteiger partial charge < -0.3 is 84.9 Å². The smallest absolute Gasteiger partial charge is 0.321 e. The Hall–Kier alpha value is -8.72. The number of carbonyl (C=O) groups excluding carboxylic acids is 7. The van der Waals surface area contributed by atoms with Gasteiger partial charge in [0.2, 0.25) is 0 Å². The van der Waals surface area contributed by atoms with Crippen LogP contribution in [0.3, 0.4) is 0 Å². The van der Waals surface area contributed by atoms with Crippen molar-refractivity contribution < 1.29 is 103 Å². The van der Waals surface area contributed by atoms with Crippen molar-refractivity contribution >= 4 is 88.7 Å². The van der Waals surface area contributed by atoms with E-state index >= 15 is 0 Å². The molecule has 6 radical (unpaired) electrons. The van der Waals surface area contributed by atoms with Gasteiger partial charge in [0, 0.05) is 0 Å². The van der Waals surface area contributed by atoms with Gasteiger partial charge >= 0.3 is 47.8 Å². The lowest BCUT2D eigenvalue weighted by atomic mass is 9.96. The topological polar surface area (TPSA) is 405 Å². The highest BCUT2D eigenvalue weighted by Crippen LogP contribution is 2.28. The molecule has 3 aliphatic rings. The van der Waals surface area contributed by atoms with E-state index < -0.39 is 120 Å². The summed E-state index contributed by atoms with van der Waals surface area (Å²) in [6.45, 7) is -1.74. The Morgan fingerprint density at radius 3 is 1.33 bits per heavy atom. The number of carboxylic acid groups (broad SMARTS) is 1. The second kappa shape index (κ2) is 38.9. The third-order valence-corrected chi connectivity index (χ3v) is 11.4. The zero-order valence-electron chi connectivity index (χ0n) is 44.5. The van der Waals surface area contributed by atoms with E-state index in [0.29, 0.717) is 11.1 Å². The van der Waals surface area contributed by atoms with E-state index in [2.05, 4.69) is 27.6 Å². The fraction of sp³-hybridized carbons (Fsp3) is 0.375. The van der Waals surface area contributed by atoms with E-state index in [4.69, 9.17) is 60.4 Å². The molecular formula is C56H62B3N4O21-3. The van der Waals surface area contributed by atoms with Crippen molar-refractivity contribution in [3.8, 4) is 0 Å². The lowest BCUT2D eigenvalue weighted by Crippen LogP contribution is -2.32. The zero-order chi connectivity index (χ0) is 61.3. The number of esters is 7.